The number of aliphatic hydroxyl groups is 1. The van der Waals surface area contributed by atoms with E-state index in [0.717, 1.165) is 23.7 Å². The second-order valence-electron chi connectivity index (χ2n) is 9.29. The summed E-state index contributed by atoms with van der Waals surface area (Å²) in [4.78, 5) is 14.0. The lowest BCUT2D eigenvalue weighted by molar-refractivity contribution is -0.123. The molecule has 2 aliphatic heterocycles. The third kappa shape index (κ3) is 4.22. The zero-order valence-electron chi connectivity index (χ0n) is 17.3. The van der Waals surface area contributed by atoms with Crippen molar-refractivity contribution in [2.24, 2.45) is 11.3 Å². The van der Waals surface area contributed by atoms with Crippen LogP contribution in [0.15, 0.2) is 18.3 Å². The van der Waals surface area contributed by atoms with Crippen LogP contribution in [0, 0.1) is 11.3 Å². The molecule has 3 N–H and O–H groups in total. The van der Waals surface area contributed by atoms with Crippen LogP contribution in [0.2, 0.25) is 5.02 Å². The second-order valence-corrected chi connectivity index (χ2v) is 9.72. The number of benzene rings is 1. The number of rotatable bonds is 4. The Labute approximate surface area is 183 Å². The lowest BCUT2D eigenvalue weighted by atomic mass is 9.67. The first-order valence-corrected chi connectivity index (χ1v) is 10.8. The van der Waals surface area contributed by atoms with Crippen LogP contribution < -0.4 is 5.32 Å². The average molecular weight is 459 g/mol. The van der Waals surface area contributed by atoms with Gasteiger partial charge in [0.1, 0.15) is 6.54 Å². The summed E-state index contributed by atoms with van der Waals surface area (Å²) < 4.78 is 37.5. The highest BCUT2D eigenvalue weighted by Crippen LogP contribution is 2.51. The van der Waals surface area contributed by atoms with E-state index in [0.29, 0.717) is 23.4 Å². The summed E-state index contributed by atoms with van der Waals surface area (Å²) in [5, 5.41) is 21.7. The number of piperidine rings is 1. The number of aromatic nitrogens is 2. The normalized spacial score (nSPS) is 25.1. The van der Waals surface area contributed by atoms with Gasteiger partial charge in [-0.05, 0) is 49.1 Å². The van der Waals surface area contributed by atoms with Gasteiger partial charge in [0.05, 0.1) is 17.8 Å². The maximum absolute atomic E-state index is 12.5. The van der Waals surface area contributed by atoms with Gasteiger partial charge in [-0.25, -0.2) is 4.79 Å². The van der Waals surface area contributed by atoms with E-state index in [9.17, 15) is 23.1 Å². The lowest BCUT2D eigenvalue weighted by Gasteiger charge is -2.46. The van der Waals surface area contributed by atoms with Gasteiger partial charge in [-0.1, -0.05) is 25.4 Å². The number of fused-ring (bicyclic) bond motifs is 3. The summed E-state index contributed by atoms with van der Waals surface area (Å²) >= 11 is 6.25. The Morgan fingerprint density at radius 1 is 1.32 bits per heavy atom. The summed E-state index contributed by atoms with van der Waals surface area (Å²) in [6, 6.07) is 2.60. The molecule has 2 unspecified atom stereocenters. The molecule has 2 amide bonds. The van der Waals surface area contributed by atoms with Crippen molar-refractivity contribution in [3.63, 3.8) is 0 Å². The molecule has 0 spiro atoms. The minimum absolute atomic E-state index is 0.0867. The topological polar surface area (TPSA) is 81.2 Å². The fourth-order valence-corrected chi connectivity index (χ4v) is 5.51. The second kappa shape index (κ2) is 7.85. The maximum atomic E-state index is 12.5. The first kappa shape index (κ1) is 22.2. The number of nitrogens with zero attached hydrogens (tertiary/aromatic N) is 2. The standard InChI is InChI=1S/C21H26ClF3N4O2/c1-20(2,18(30)16-8-13(22)5-11-9-27-28-17(11)16)12-6-14-3-4-15(7-12)29(14)19(31)26-10-21(23,24)25/h5,8-9,12,14-15,18,30H,3-4,6-7,10H2,1-2H3,(H,26,31)(H,27,28)/t12?,14-,15+,18?. The predicted molar refractivity (Wildman–Crippen MR) is 111 cm³/mol. The number of nitrogens with one attached hydrogen (secondary N) is 2. The minimum Gasteiger partial charge on any atom is -0.388 e. The number of urea groups is 1. The van der Waals surface area contributed by atoms with E-state index < -0.39 is 30.3 Å². The van der Waals surface area contributed by atoms with Crippen LogP contribution >= 0.6 is 11.6 Å². The van der Waals surface area contributed by atoms with Crippen molar-refractivity contribution in [2.75, 3.05) is 6.54 Å². The molecule has 2 bridgehead atoms. The molecule has 0 aliphatic carbocycles. The van der Waals surface area contributed by atoms with Gasteiger partial charge in [0.15, 0.2) is 0 Å². The van der Waals surface area contributed by atoms with Gasteiger partial charge >= 0.3 is 12.2 Å². The number of H-pyrrole nitrogens is 1. The number of hydrogen-bond acceptors (Lipinski definition) is 3. The largest absolute Gasteiger partial charge is 0.405 e. The molecule has 4 atom stereocenters. The van der Waals surface area contributed by atoms with Crippen LogP contribution in [-0.2, 0) is 0 Å². The number of halogens is 4. The number of alkyl halides is 3. The molecular weight excluding hydrogens is 433 g/mol. The number of carbonyl (C=O) groups excluding carboxylic acids is 1. The molecule has 6 nitrogen and oxygen atoms in total. The van der Waals surface area contributed by atoms with Gasteiger partial charge in [-0.3, -0.25) is 5.10 Å². The zero-order chi connectivity index (χ0) is 22.6. The molecule has 1 aromatic heterocycles. The van der Waals surface area contributed by atoms with Crippen LogP contribution in [0.4, 0.5) is 18.0 Å². The van der Waals surface area contributed by atoms with Crippen LogP contribution in [-0.4, -0.2) is 51.0 Å². The third-order valence-electron chi connectivity index (χ3n) is 7.00. The molecule has 1 aromatic carbocycles. The van der Waals surface area contributed by atoms with E-state index >= 15 is 0 Å². The molecule has 2 aliphatic rings. The molecule has 10 heteroatoms. The van der Waals surface area contributed by atoms with E-state index in [1.54, 1.807) is 23.2 Å². The van der Waals surface area contributed by atoms with E-state index in [1.165, 1.54) is 0 Å². The Bertz CT molecular complexity index is 963. The molecule has 3 heterocycles. The summed E-state index contributed by atoms with van der Waals surface area (Å²) in [6.07, 6.45) is -0.830. The van der Waals surface area contributed by atoms with E-state index in [2.05, 4.69) is 10.2 Å². The highest BCUT2D eigenvalue weighted by molar-refractivity contribution is 6.31. The summed E-state index contributed by atoms with van der Waals surface area (Å²) in [6.45, 7) is 2.65. The summed E-state index contributed by atoms with van der Waals surface area (Å²) in [7, 11) is 0. The van der Waals surface area contributed by atoms with Crippen LogP contribution in [0.5, 0.6) is 0 Å². The summed E-state index contributed by atoms with van der Waals surface area (Å²) in [5.41, 5.74) is 0.859. The number of aliphatic hydroxyl groups excluding tert-OH is 1. The molecule has 170 valence electrons. The van der Waals surface area contributed by atoms with Gasteiger partial charge in [-0.2, -0.15) is 18.3 Å². The molecule has 2 fully saturated rings. The number of amides is 2. The third-order valence-corrected chi connectivity index (χ3v) is 7.22. The highest BCUT2D eigenvalue weighted by atomic mass is 35.5. The van der Waals surface area contributed by atoms with E-state index in [1.807, 2.05) is 19.2 Å². The molecular formula is C21H26ClF3N4O2. The molecule has 31 heavy (non-hydrogen) atoms. The van der Waals surface area contributed by atoms with Crippen LogP contribution in [0.25, 0.3) is 10.9 Å². The van der Waals surface area contributed by atoms with Crippen molar-refractivity contribution in [1.29, 1.82) is 0 Å². The van der Waals surface area contributed by atoms with Crippen molar-refractivity contribution in [2.45, 2.75) is 63.9 Å². The van der Waals surface area contributed by atoms with Gasteiger partial charge < -0.3 is 15.3 Å². The van der Waals surface area contributed by atoms with Crippen LogP contribution in [0.3, 0.4) is 0 Å². The SMILES string of the molecule is CC(C)(C1C[C@H]2CC[C@@H](C1)N2C(=O)NCC(F)(F)F)C(O)c1cc(Cl)cc2cn[nH]c12. The van der Waals surface area contributed by atoms with E-state index in [4.69, 9.17) is 11.6 Å². The van der Waals surface area contributed by atoms with Crippen LogP contribution in [0.1, 0.15) is 51.2 Å². The fourth-order valence-electron chi connectivity index (χ4n) is 5.27. The fraction of sp³-hybridized carbons (Fsp3) is 0.619. The Hall–Kier alpha value is -2.00. The Kier molecular flexibility index (Phi) is 5.62. The number of aromatic amines is 1. The Balaban J connectivity index is 1.52. The smallest absolute Gasteiger partial charge is 0.388 e. The molecule has 0 radical (unpaired) electrons. The van der Waals surface area contributed by atoms with Gasteiger partial charge in [-0.15, -0.1) is 0 Å². The quantitative estimate of drug-likeness (QED) is 0.616. The molecule has 0 saturated carbocycles. The molecule has 2 aromatic rings. The minimum atomic E-state index is -4.44. The van der Waals surface area contributed by atoms with Gasteiger partial charge in [0, 0.05) is 28.1 Å². The zero-order valence-corrected chi connectivity index (χ0v) is 18.1. The van der Waals surface area contributed by atoms with Crippen molar-refractivity contribution >= 4 is 28.5 Å². The van der Waals surface area contributed by atoms with E-state index in [-0.39, 0.29) is 18.0 Å². The van der Waals surface area contributed by atoms with Crippen molar-refractivity contribution < 1.29 is 23.1 Å². The summed E-state index contributed by atoms with van der Waals surface area (Å²) in [5.74, 6) is 0.0867. The van der Waals surface area contributed by atoms with Crippen molar-refractivity contribution in [1.82, 2.24) is 20.4 Å². The molecule has 2 saturated heterocycles. The maximum Gasteiger partial charge on any atom is 0.405 e. The Morgan fingerprint density at radius 3 is 2.58 bits per heavy atom. The van der Waals surface area contributed by atoms with Crippen molar-refractivity contribution in [3.8, 4) is 0 Å². The Morgan fingerprint density at radius 2 is 1.97 bits per heavy atom. The predicted octanol–water partition coefficient (Wildman–Crippen LogP) is 4.79. The lowest BCUT2D eigenvalue weighted by Crippen LogP contribution is -2.54. The highest BCUT2D eigenvalue weighted by Gasteiger charge is 2.49. The number of hydrogen-bond donors (Lipinski definition) is 3. The van der Waals surface area contributed by atoms with Crippen molar-refractivity contribution in [3.05, 3.63) is 28.9 Å². The van der Waals surface area contributed by atoms with Gasteiger partial charge in [0.2, 0.25) is 0 Å². The first-order valence-electron chi connectivity index (χ1n) is 10.4. The number of carbonyl (C=O) groups is 1. The monoisotopic (exact) mass is 458 g/mol. The molecule has 4 rings (SSSR count). The first-order chi connectivity index (χ1) is 14.5. The average Bonchev–Trinajstić information content (AvgIpc) is 3.25. The van der Waals surface area contributed by atoms with Gasteiger partial charge in [0.25, 0.3) is 0 Å².